The maximum absolute atomic E-state index is 12.7. The molecule has 1 saturated carbocycles. The number of hydrogen-bond acceptors (Lipinski definition) is 3. The fourth-order valence-electron chi connectivity index (χ4n) is 4.12. The van der Waals surface area contributed by atoms with Crippen molar-refractivity contribution in [1.82, 2.24) is 10.2 Å². The Balaban J connectivity index is 1.52. The van der Waals surface area contributed by atoms with Crippen LogP contribution in [0, 0.1) is 17.8 Å². The third-order valence-corrected chi connectivity index (χ3v) is 5.80. The molecule has 0 bridgehead atoms. The van der Waals surface area contributed by atoms with Gasteiger partial charge in [0.15, 0.2) is 0 Å². The molecule has 2 amide bonds. The number of methoxy groups -OCH3 is 1. The van der Waals surface area contributed by atoms with E-state index in [0.29, 0.717) is 24.3 Å². The fraction of sp³-hybridized carbons (Fsp3) is 0.600. The number of rotatable bonds is 6. The van der Waals surface area contributed by atoms with E-state index in [1.54, 1.807) is 0 Å². The Kier molecular flexibility index (Phi) is 5.30. The van der Waals surface area contributed by atoms with Crippen molar-refractivity contribution in [2.45, 2.75) is 32.6 Å². The Hall–Kier alpha value is -2.04. The second-order valence-electron chi connectivity index (χ2n) is 7.17. The van der Waals surface area contributed by atoms with Gasteiger partial charge < -0.3 is 15.0 Å². The molecule has 1 aromatic rings. The summed E-state index contributed by atoms with van der Waals surface area (Å²) < 4.78 is 4.58. The lowest BCUT2D eigenvalue weighted by Crippen LogP contribution is -2.41. The summed E-state index contributed by atoms with van der Waals surface area (Å²) in [6.07, 6.45) is 1.31. The predicted octanol–water partition coefficient (Wildman–Crippen LogP) is 2.80. The molecule has 1 aromatic carbocycles. The number of amides is 2. The molecule has 1 N–H and O–H groups in total. The van der Waals surface area contributed by atoms with E-state index in [-0.39, 0.29) is 11.8 Å². The molecule has 0 aromatic heterocycles. The molecular formula is C20H28N2O3. The number of nitrogens with zero attached hydrogens (tertiary/aromatic N) is 1. The maximum atomic E-state index is 12.7. The first kappa shape index (κ1) is 17.8. The van der Waals surface area contributed by atoms with Crippen molar-refractivity contribution in [2.24, 2.45) is 17.8 Å². The lowest BCUT2D eigenvalue weighted by atomic mass is 10.0. The van der Waals surface area contributed by atoms with Gasteiger partial charge in [-0.05, 0) is 41.7 Å². The first-order valence-corrected chi connectivity index (χ1v) is 9.28. The number of carbonyl (C=O) groups excluding carboxylic acids is 2. The number of nitrogens with one attached hydrogen (secondary N) is 1. The van der Waals surface area contributed by atoms with Gasteiger partial charge in [0, 0.05) is 19.6 Å². The monoisotopic (exact) mass is 344 g/mol. The van der Waals surface area contributed by atoms with Gasteiger partial charge in [0.25, 0.3) is 0 Å². The smallest absolute Gasteiger partial charge is 0.406 e. The first-order valence-electron chi connectivity index (χ1n) is 9.28. The Labute approximate surface area is 149 Å². The SMILES string of the molecule is CCc1ccc(C2C3CN(C(=O)C(CC)CNC(=O)OC)CC32)cc1. The normalized spacial score (nSPS) is 25.2. The highest BCUT2D eigenvalue weighted by Gasteiger charge is 2.57. The van der Waals surface area contributed by atoms with E-state index in [1.165, 1.54) is 18.2 Å². The van der Waals surface area contributed by atoms with Crippen LogP contribution < -0.4 is 5.32 Å². The summed E-state index contributed by atoms with van der Waals surface area (Å²) in [5.74, 6) is 1.80. The molecular weight excluding hydrogens is 316 g/mol. The zero-order valence-corrected chi connectivity index (χ0v) is 15.3. The number of piperidine rings is 1. The Morgan fingerprint density at radius 1 is 1.20 bits per heavy atom. The Bertz CT molecular complexity index is 616. The number of hydrogen-bond donors (Lipinski definition) is 1. The van der Waals surface area contributed by atoms with E-state index < -0.39 is 6.09 Å². The van der Waals surface area contributed by atoms with Crippen LogP contribution in [-0.4, -0.2) is 43.6 Å². The fourth-order valence-corrected chi connectivity index (χ4v) is 4.12. The van der Waals surface area contributed by atoms with E-state index in [9.17, 15) is 9.59 Å². The lowest BCUT2D eigenvalue weighted by Gasteiger charge is -2.25. The molecule has 1 aliphatic carbocycles. The van der Waals surface area contributed by atoms with Crippen molar-refractivity contribution in [2.75, 3.05) is 26.7 Å². The van der Waals surface area contributed by atoms with Crippen molar-refractivity contribution in [1.29, 1.82) is 0 Å². The summed E-state index contributed by atoms with van der Waals surface area (Å²) in [5, 5.41) is 2.65. The maximum Gasteiger partial charge on any atom is 0.406 e. The van der Waals surface area contributed by atoms with Crippen LogP contribution in [-0.2, 0) is 16.0 Å². The molecule has 2 aliphatic rings. The number of ether oxygens (including phenoxy) is 1. The van der Waals surface area contributed by atoms with Crippen molar-refractivity contribution >= 4 is 12.0 Å². The number of aryl methyl sites for hydroxylation is 1. The second kappa shape index (κ2) is 7.46. The van der Waals surface area contributed by atoms with Crippen molar-refractivity contribution in [3.8, 4) is 0 Å². The van der Waals surface area contributed by atoms with Gasteiger partial charge >= 0.3 is 6.09 Å². The summed E-state index contributed by atoms with van der Waals surface area (Å²) in [7, 11) is 1.33. The Morgan fingerprint density at radius 3 is 2.36 bits per heavy atom. The van der Waals surface area contributed by atoms with Gasteiger partial charge in [0.2, 0.25) is 5.91 Å². The lowest BCUT2D eigenvalue weighted by molar-refractivity contribution is -0.135. The zero-order valence-electron chi connectivity index (χ0n) is 15.3. The average molecular weight is 344 g/mol. The molecule has 136 valence electrons. The molecule has 2 fully saturated rings. The van der Waals surface area contributed by atoms with Gasteiger partial charge in [0.05, 0.1) is 13.0 Å². The summed E-state index contributed by atoms with van der Waals surface area (Å²) >= 11 is 0. The highest BCUT2D eigenvalue weighted by atomic mass is 16.5. The van der Waals surface area contributed by atoms with Gasteiger partial charge in [-0.2, -0.15) is 0 Å². The number of alkyl carbamates (subject to hydrolysis) is 1. The molecule has 3 atom stereocenters. The van der Waals surface area contributed by atoms with Crippen LogP contribution >= 0.6 is 0 Å². The predicted molar refractivity (Wildman–Crippen MR) is 96.3 cm³/mol. The summed E-state index contributed by atoms with van der Waals surface area (Å²) in [6, 6.07) is 8.95. The first-order chi connectivity index (χ1) is 12.1. The summed E-state index contributed by atoms with van der Waals surface area (Å²) in [5.41, 5.74) is 2.79. The second-order valence-corrected chi connectivity index (χ2v) is 7.17. The molecule has 5 nitrogen and oxygen atoms in total. The van der Waals surface area contributed by atoms with E-state index in [0.717, 1.165) is 25.9 Å². The van der Waals surface area contributed by atoms with Crippen LogP contribution in [0.15, 0.2) is 24.3 Å². The number of benzene rings is 1. The van der Waals surface area contributed by atoms with Crippen LogP contribution in [0.5, 0.6) is 0 Å². The van der Waals surface area contributed by atoms with Gasteiger partial charge in [0.1, 0.15) is 0 Å². The average Bonchev–Trinajstić information content (AvgIpc) is 3.14. The molecule has 1 aliphatic heterocycles. The number of fused-ring (bicyclic) bond motifs is 1. The van der Waals surface area contributed by atoms with Gasteiger partial charge in [-0.25, -0.2) is 4.79 Å². The highest BCUT2D eigenvalue weighted by Crippen LogP contribution is 2.58. The molecule has 1 heterocycles. The van der Waals surface area contributed by atoms with Crippen molar-refractivity contribution in [3.05, 3.63) is 35.4 Å². The number of likely N-dealkylation sites (tertiary alicyclic amines) is 1. The van der Waals surface area contributed by atoms with E-state index in [1.807, 2.05) is 11.8 Å². The molecule has 0 radical (unpaired) electrons. The molecule has 3 unspecified atom stereocenters. The topological polar surface area (TPSA) is 58.6 Å². The third-order valence-electron chi connectivity index (χ3n) is 5.80. The Morgan fingerprint density at radius 2 is 1.84 bits per heavy atom. The van der Waals surface area contributed by atoms with Crippen LogP contribution in [0.1, 0.15) is 37.3 Å². The number of carbonyl (C=O) groups is 2. The van der Waals surface area contributed by atoms with E-state index in [2.05, 4.69) is 41.2 Å². The van der Waals surface area contributed by atoms with Crippen LogP contribution in [0.3, 0.4) is 0 Å². The molecule has 5 heteroatoms. The largest absolute Gasteiger partial charge is 0.453 e. The zero-order chi connectivity index (χ0) is 18.0. The molecule has 0 spiro atoms. The van der Waals surface area contributed by atoms with Crippen LogP contribution in [0.25, 0.3) is 0 Å². The minimum absolute atomic E-state index is 0.159. The van der Waals surface area contributed by atoms with E-state index in [4.69, 9.17) is 0 Å². The minimum Gasteiger partial charge on any atom is -0.453 e. The highest BCUT2D eigenvalue weighted by molar-refractivity contribution is 5.80. The van der Waals surface area contributed by atoms with Crippen LogP contribution in [0.4, 0.5) is 4.79 Å². The molecule has 25 heavy (non-hydrogen) atoms. The standard InChI is InChI=1S/C20H28N2O3/c1-4-13-6-8-15(9-7-13)18-16-11-22(12-17(16)18)19(23)14(5-2)10-21-20(24)25-3/h6-9,14,16-18H,4-5,10-12H2,1-3H3,(H,21,24). The summed E-state index contributed by atoms with van der Waals surface area (Å²) in [4.78, 5) is 25.9. The van der Waals surface area contributed by atoms with E-state index >= 15 is 0 Å². The van der Waals surface area contributed by atoms with Gasteiger partial charge in [-0.15, -0.1) is 0 Å². The third kappa shape index (κ3) is 3.65. The molecule has 1 saturated heterocycles. The summed E-state index contributed by atoms with van der Waals surface area (Å²) in [6.45, 7) is 6.19. The minimum atomic E-state index is -0.480. The van der Waals surface area contributed by atoms with Gasteiger partial charge in [-0.3, -0.25) is 4.79 Å². The van der Waals surface area contributed by atoms with Crippen LogP contribution in [0.2, 0.25) is 0 Å². The van der Waals surface area contributed by atoms with Gasteiger partial charge in [-0.1, -0.05) is 38.1 Å². The van der Waals surface area contributed by atoms with Crippen molar-refractivity contribution in [3.63, 3.8) is 0 Å². The van der Waals surface area contributed by atoms with Crippen molar-refractivity contribution < 1.29 is 14.3 Å². The quantitative estimate of drug-likeness (QED) is 0.863. The molecule has 3 rings (SSSR count).